The first kappa shape index (κ1) is 19.1. The number of carbonyl (C=O) groups excluding carboxylic acids is 1. The summed E-state index contributed by atoms with van der Waals surface area (Å²) < 4.78 is 19.1. The van der Waals surface area contributed by atoms with Gasteiger partial charge >= 0.3 is 0 Å². The number of fused-ring (bicyclic) bond motifs is 1. The highest BCUT2D eigenvalue weighted by Gasteiger charge is 2.45. The van der Waals surface area contributed by atoms with E-state index < -0.39 is 0 Å². The molecular formula is C22H28FN3O2. The summed E-state index contributed by atoms with van der Waals surface area (Å²) in [5.41, 5.74) is 3.45. The molecule has 5 nitrogen and oxygen atoms in total. The lowest BCUT2D eigenvalue weighted by Gasteiger charge is -2.38. The molecule has 2 aliphatic rings. The van der Waals surface area contributed by atoms with Crippen molar-refractivity contribution in [1.29, 1.82) is 0 Å². The van der Waals surface area contributed by atoms with Gasteiger partial charge in [-0.2, -0.15) is 5.10 Å². The lowest BCUT2D eigenvalue weighted by Crippen LogP contribution is -2.42. The zero-order valence-electron chi connectivity index (χ0n) is 16.7. The molecule has 1 amide bonds. The van der Waals surface area contributed by atoms with Crippen molar-refractivity contribution >= 4 is 5.91 Å². The highest BCUT2D eigenvalue weighted by molar-refractivity contribution is 5.98. The van der Waals surface area contributed by atoms with Crippen molar-refractivity contribution in [2.75, 3.05) is 7.11 Å². The molecule has 1 aromatic heterocycles. The maximum absolute atomic E-state index is 13.6. The van der Waals surface area contributed by atoms with Crippen LogP contribution in [0.4, 0.5) is 4.39 Å². The number of H-pyrrole nitrogens is 1. The zero-order valence-corrected chi connectivity index (χ0v) is 16.7. The molecule has 1 aliphatic heterocycles. The Labute approximate surface area is 165 Å². The third-order valence-electron chi connectivity index (χ3n) is 6.04. The van der Waals surface area contributed by atoms with E-state index in [1.807, 2.05) is 4.90 Å². The summed E-state index contributed by atoms with van der Waals surface area (Å²) in [7, 11) is 1.75. The van der Waals surface area contributed by atoms with Gasteiger partial charge in [-0.05, 0) is 55.7 Å². The van der Waals surface area contributed by atoms with E-state index in [9.17, 15) is 9.18 Å². The molecule has 1 atom stereocenters. The Hall–Kier alpha value is -2.21. The average Bonchev–Trinajstić information content (AvgIpc) is 3.21. The van der Waals surface area contributed by atoms with E-state index in [-0.39, 0.29) is 29.9 Å². The van der Waals surface area contributed by atoms with Crippen LogP contribution in [0.1, 0.15) is 72.9 Å². The summed E-state index contributed by atoms with van der Waals surface area (Å²) in [6.45, 7) is 4.29. The third kappa shape index (κ3) is 3.34. The van der Waals surface area contributed by atoms with Gasteiger partial charge in [0.2, 0.25) is 0 Å². The number of carbonyl (C=O) groups is 1. The summed E-state index contributed by atoms with van der Waals surface area (Å²) in [5, 5.41) is 7.46. The van der Waals surface area contributed by atoms with Gasteiger partial charge in [0, 0.05) is 18.7 Å². The Bertz CT molecular complexity index is 838. The minimum Gasteiger partial charge on any atom is -0.381 e. The molecule has 2 aromatic rings. The van der Waals surface area contributed by atoms with Gasteiger partial charge in [0.1, 0.15) is 11.5 Å². The molecule has 0 bridgehead atoms. The van der Waals surface area contributed by atoms with Crippen LogP contribution in [0.3, 0.4) is 0 Å². The van der Waals surface area contributed by atoms with E-state index in [4.69, 9.17) is 4.74 Å². The van der Waals surface area contributed by atoms with Crippen LogP contribution in [-0.4, -0.2) is 40.3 Å². The fraction of sp³-hybridized carbons (Fsp3) is 0.545. The molecule has 1 fully saturated rings. The molecule has 4 rings (SSSR count). The third-order valence-corrected chi connectivity index (χ3v) is 6.04. The number of halogens is 1. The molecule has 0 radical (unpaired) electrons. The molecular weight excluding hydrogens is 357 g/mol. The van der Waals surface area contributed by atoms with Gasteiger partial charge in [0.25, 0.3) is 5.91 Å². The number of aromatic nitrogens is 2. The number of hydrogen-bond acceptors (Lipinski definition) is 3. The quantitative estimate of drug-likeness (QED) is 0.837. The molecule has 28 heavy (non-hydrogen) atoms. The number of aromatic amines is 1. The van der Waals surface area contributed by atoms with E-state index in [0.29, 0.717) is 11.6 Å². The van der Waals surface area contributed by atoms with E-state index in [1.165, 1.54) is 12.1 Å². The maximum Gasteiger partial charge on any atom is 0.273 e. The SMILES string of the molecule is CO[C@H]1CC[C@H](N2C(=O)c3[nH]nc(CC(C)C)c3C2c2ccc(F)cc2)CC1. The number of rotatable bonds is 5. The van der Waals surface area contributed by atoms with Gasteiger partial charge < -0.3 is 9.64 Å². The van der Waals surface area contributed by atoms with Gasteiger partial charge in [-0.3, -0.25) is 9.89 Å². The number of ether oxygens (including phenoxy) is 1. The molecule has 6 heteroatoms. The van der Waals surface area contributed by atoms with Crippen molar-refractivity contribution < 1.29 is 13.9 Å². The molecule has 2 heterocycles. The van der Waals surface area contributed by atoms with E-state index in [0.717, 1.165) is 48.9 Å². The van der Waals surface area contributed by atoms with Crippen LogP contribution in [0, 0.1) is 11.7 Å². The van der Waals surface area contributed by atoms with Crippen LogP contribution in [0.15, 0.2) is 24.3 Å². The number of methoxy groups -OCH3 is 1. The van der Waals surface area contributed by atoms with Crippen molar-refractivity contribution in [2.24, 2.45) is 5.92 Å². The minimum absolute atomic E-state index is 0.00713. The van der Waals surface area contributed by atoms with Gasteiger partial charge in [-0.1, -0.05) is 26.0 Å². The average molecular weight is 385 g/mol. The van der Waals surface area contributed by atoms with Crippen LogP contribution in [-0.2, 0) is 11.2 Å². The van der Waals surface area contributed by atoms with Crippen molar-refractivity contribution in [3.05, 3.63) is 52.6 Å². The molecule has 1 unspecified atom stereocenters. The Morgan fingerprint density at radius 2 is 1.89 bits per heavy atom. The summed E-state index contributed by atoms with van der Waals surface area (Å²) in [5.74, 6) is 0.172. The zero-order chi connectivity index (χ0) is 19.8. The normalized spacial score (nSPS) is 24.8. The number of nitrogens with zero attached hydrogens (tertiary/aromatic N) is 2. The Balaban J connectivity index is 1.74. The standard InChI is InChI=1S/C22H28FN3O2/c1-13(2)12-18-19-20(25-24-18)22(27)26(16-8-10-17(28-3)11-9-16)21(19)14-4-6-15(23)7-5-14/h4-7,13,16-17,21H,8-12H2,1-3H3,(H,24,25)/t16-,17-,21?. The molecule has 150 valence electrons. The van der Waals surface area contributed by atoms with Crippen molar-refractivity contribution in [1.82, 2.24) is 15.1 Å². The van der Waals surface area contributed by atoms with E-state index in [1.54, 1.807) is 19.2 Å². The minimum atomic E-state index is -0.268. The smallest absolute Gasteiger partial charge is 0.273 e. The van der Waals surface area contributed by atoms with E-state index >= 15 is 0 Å². The highest BCUT2D eigenvalue weighted by atomic mass is 19.1. The molecule has 1 saturated carbocycles. The summed E-state index contributed by atoms with van der Waals surface area (Å²) >= 11 is 0. The monoisotopic (exact) mass is 385 g/mol. The largest absolute Gasteiger partial charge is 0.381 e. The predicted molar refractivity (Wildman–Crippen MR) is 105 cm³/mol. The lowest BCUT2D eigenvalue weighted by molar-refractivity contribution is 0.0296. The highest BCUT2D eigenvalue weighted by Crippen LogP contribution is 2.43. The van der Waals surface area contributed by atoms with E-state index in [2.05, 4.69) is 24.0 Å². The summed E-state index contributed by atoms with van der Waals surface area (Å²) in [4.78, 5) is 15.4. The van der Waals surface area contributed by atoms with Gasteiger partial charge in [0.15, 0.2) is 0 Å². The Morgan fingerprint density at radius 1 is 1.21 bits per heavy atom. The van der Waals surface area contributed by atoms with Crippen molar-refractivity contribution in [2.45, 2.75) is 64.1 Å². The summed E-state index contributed by atoms with van der Waals surface area (Å²) in [6.07, 6.45) is 4.81. The van der Waals surface area contributed by atoms with Gasteiger partial charge in [0.05, 0.1) is 17.8 Å². The molecule has 0 spiro atoms. The maximum atomic E-state index is 13.6. The Kier molecular flexibility index (Phi) is 5.23. The molecule has 1 aromatic carbocycles. The second-order valence-corrected chi connectivity index (χ2v) is 8.39. The number of hydrogen-bond donors (Lipinski definition) is 1. The number of nitrogens with one attached hydrogen (secondary N) is 1. The fourth-order valence-electron chi connectivity index (χ4n) is 4.68. The van der Waals surface area contributed by atoms with Crippen LogP contribution in [0.5, 0.6) is 0 Å². The second-order valence-electron chi connectivity index (χ2n) is 8.39. The Morgan fingerprint density at radius 3 is 2.50 bits per heavy atom. The fourth-order valence-corrected chi connectivity index (χ4v) is 4.68. The summed E-state index contributed by atoms with van der Waals surface area (Å²) in [6, 6.07) is 6.48. The molecule has 0 saturated heterocycles. The lowest BCUT2D eigenvalue weighted by atomic mass is 9.89. The van der Waals surface area contributed by atoms with Gasteiger partial charge in [-0.15, -0.1) is 0 Å². The number of benzene rings is 1. The van der Waals surface area contributed by atoms with Crippen molar-refractivity contribution in [3.8, 4) is 0 Å². The predicted octanol–water partition coefficient (Wildman–Crippen LogP) is 4.25. The van der Waals surface area contributed by atoms with Crippen LogP contribution in [0.2, 0.25) is 0 Å². The first-order chi connectivity index (χ1) is 13.5. The van der Waals surface area contributed by atoms with Crippen LogP contribution in [0.25, 0.3) is 0 Å². The number of amides is 1. The molecule has 1 aliphatic carbocycles. The van der Waals surface area contributed by atoms with Crippen LogP contribution >= 0.6 is 0 Å². The van der Waals surface area contributed by atoms with Crippen LogP contribution < -0.4 is 0 Å². The second kappa shape index (κ2) is 7.66. The molecule has 1 N–H and O–H groups in total. The topological polar surface area (TPSA) is 58.2 Å². The first-order valence-corrected chi connectivity index (χ1v) is 10.2. The first-order valence-electron chi connectivity index (χ1n) is 10.2. The van der Waals surface area contributed by atoms with Gasteiger partial charge in [-0.25, -0.2) is 4.39 Å². The van der Waals surface area contributed by atoms with Crippen molar-refractivity contribution in [3.63, 3.8) is 0 Å².